The Bertz CT molecular complexity index is 843. The second kappa shape index (κ2) is 6.13. The molecular formula is C15H12FN5O. The summed E-state index contributed by atoms with van der Waals surface area (Å²) in [5.41, 5.74) is 4.11. The van der Waals surface area contributed by atoms with Crippen LogP contribution in [0.4, 0.5) is 4.39 Å². The summed E-state index contributed by atoms with van der Waals surface area (Å²) in [7, 11) is 0. The number of para-hydroxylation sites is 1. The molecule has 22 heavy (non-hydrogen) atoms. The Hall–Kier alpha value is -3.09. The molecule has 3 rings (SSSR count). The standard InChI is InChI=1S/C15H12FN5O/c16-12-6-2-1-5-11(12)9-17-19-15(22)10-21-14-8-4-3-7-13(14)18-20-21/h1-9H,10H2,(H,19,22)/b17-9-. The van der Waals surface area contributed by atoms with Gasteiger partial charge in [0.2, 0.25) is 0 Å². The molecule has 0 spiro atoms. The van der Waals surface area contributed by atoms with E-state index in [2.05, 4.69) is 20.8 Å². The lowest BCUT2D eigenvalue weighted by Gasteiger charge is -2.01. The molecule has 0 saturated heterocycles. The van der Waals surface area contributed by atoms with Crippen molar-refractivity contribution in [2.75, 3.05) is 0 Å². The van der Waals surface area contributed by atoms with E-state index in [1.807, 2.05) is 24.3 Å². The number of hydrazone groups is 1. The molecule has 1 amide bonds. The van der Waals surface area contributed by atoms with Gasteiger partial charge in [0.1, 0.15) is 17.9 Å². The summed E-state index contributed by atoms with van der Waals surface area (Å²) in [4.78, 5) is 11.8. The van der Waals surface area contributed by atoms with E-state index in [4.69, 9.17) is 0 Å². The molecule has 0 bridgehead atoms. The topological polar surface area (TPSA) is 72.2 Å². The molecule has 3 aromatic rings. The van der Waals surface area contributed by atoms with Crippen molar-refractivity contribution in [1.82, 2.24) is 20.4 Å². The lowest BCUT2D eigenvalue weighted by atomic mass is 10.2. The van der Waals surface area contributed by atoms with Crippen molar-refractivity contribution in [3.05, 3.63) is 59.9 Å². The Balaban J connectivity index is 1.65. The van der Waals surface area contributed by atoms with Gasteiger partial charge in [0.05, 0.1) is 11.7 Å². The predicted molar refractivity (Wildman–Crippen MR) is 79.7 cm³/mol. The summed E-state index contributed by atoms with van der Waals surface area (Å²) in [6.45, 7) is -0.0187. The average Bonchev–Trinajstić information content (AvgIpc) is 2.92. The zero-order valence-electron chi connectivity index (χ0n) is 11.5. The monoisotopic (exact) mass is 297 g/mol. The highest BCUT2D eigenvalue weighted by Crippen LogP contribution is 2.09. The zero-order chi connectivity index (χ0) is 15.4. The number of aromatic nitrogens is 3. The molecule has 0 unspecified atom stereocenters. The third-order valence-corrected chi connectivity index (χ3v) is 3.01. The average molecular weight is 297 g/mol. The molecule has 0 radical (unpaired) electrons. The molecule has 2 aromatic carbocycles. The smallest absolute Gasteiger partial charge is 0.261 e. The number of rotatable bonds is 4. The highest BCUT2D eigenvalue weighted by atomic mass is 19.1. The number of nitrogens with one attached hydrogen (secondary N) is 1. The number of fused-ring (bicyclic) bond motifs is 1. The molecule has 7 heteroatoms. The quantitative estimate of drug-likeness (QED) is 0.588. The number of nitrogens with zero attached hydrogens (tertiary/aromatic N) is 4. The summed E-state index contributed by atoms with van der Waals surface area (Å²) >= 11 is 0. The predicted octanol–water partition coefficient (Wildman–Crippen LogP) is 1.72. The number of benzene rings is 2. The Kier molecular flexibility index (Phi) is 3.86. The minimum Gasteiger partial charge on any atom is -0.271 e. The first-order valence-corrected chi connectivity index (χ1v) is 6.59. The van der Waals surface area contributed by atoms with Gasteiger partial charge in [-0.1, -0.05) is 35.5 Å². The van der Waals surface area contributed by atoms with Crippen LogP contribution in [-0.2, 0) is 11.3 Å². The molecule has 0 aliphatic carbocycles. The molecule has 6 nitrogen and oxygen atoms in total. The maximum atomic E-state index is 13.4. The fourth-order valence-electron chi connectivity index (χ4n) is 1.96. The fourth-order valence-corrected chi connectivity index (χ4v) is 1.96. The molecule has 0 saturated carbocycles. The van der Waals surface area contributed by atoms with Crippen LogP contribution in [0.1, 0.15) is 5.56 Å². The van der Waals surface area contributed by atoms with Crippen LogP contribution >= 0.6 is 0 Å². The first-order chi connectivity index (χ1) is 10.7. The van der Waals surface area contributed by atoms with Crippen molar-refractivity contribution in [3.8, 4) is 0 Å². The molecule has 110 valence electrons. The first-order valence-electron chi connectivity index (χ1n) is 6.59. The zero-order valence-corrected chi connectivity index (χ0v) is 11.5. The summed E-state index contributed by atoms with van der Waals surface area (Å²) < 4.78 is 14.8. The maximum absolute atomic E-state index is 13.4. The van der Waals surface area contributed by atoms with Gasteiger partial charge >= 0.3 is 0 Å². The van der Waals surface area contributed by atoms with Crippen LogP contribution in [0.25, 0.3) is 11.0 Å². The van der Waals surface area contributed by atoms with Crippen molar-refractivity contribution < 1.29 is 9.18 Å². The van der Waals surface area contributed by atoms with Crippen molar-refractivity contribution in [2.24, 2.45) is 5.10 Å². The van der Waals surface area contributed by atoms with Gasteiger partial charge < -0.3 is 0 Å². The Labute approximate surface area is 125 Å². The summed E-state index contributed by atoms with van der Waals surface area (Å²) in [6, 6.07) is 13.5. The number of hydrogen-bond donors (Lipinski definition) is 1. The van der Waals surface area contributed by atoms with Crippen LogP contribution in [0.15, 0.2) is 53.6 Å². The molecule has 0 atom stereocenters. The SMILES string of the molecule is O=C(Cn1nnc2ccccc21)N/N=C\c1ccccc1F. The van der Waals surface area contributed by atoms with E-state index in [1.54, 1.807) is 18.2 Å². The van der Waals surface area contributed by atoms with Crippen LogP contribution in [0.5, 0.6) is 0 Å². The number of carbonyl (C=O) groups excluding carboxylic acids is 1. The van der Waals surface area contributed by atoms with Crippen LogP contribution < -0.4 is 5.43 Å². The van der Waals surface area contributed by atoms with E-state index in [0.29, 0.717) is 11.1 Å². The van der Waals surface area contributed by atoms with Gasteiger partial charge in [0.25, 0.3) is 5.91 Å². The minimum atomic E-state index is -0.400. The molecule has 1 heterocycles. The maximum Gasteiger partial charge on any atom is 0.261 e. The van der Waals surface area contributed by atoms with Gasteiger partial charge in [0.15, 0.2) is 0 Å². The number of halogens is 1. The van der Waals surface area contributed by atoms with E-state index >= 15 is 0 Å². The number of carbonyl (C=O) groups is 1. The van der Waals surface area contributed by atoms with Gasteiger partial charge in [0, 0.05) is 5.56 Å². The Morgan fingerprint density at radius 3 is 2.86 bits per heavy atom. The molecule has 0 fully saturated rings. The van der Waals surface area contributed by atoms with Crippen molar-refractivity contribution in [2.45, 2.75) is 6.54 Å². The number of amides is 1. The van der Waals surface area contributed by atoms with Crippen LogP contribution in [0.3, 0.4) is 0 Å². The highest BCUT2D eigenvalue weighted by molar-refractivity contribution is 5.83. The largest absolute Gasteiger partial charge is 0.271 e. The van der Waals surface area contributed by atoms with Crippen molar-refractivity contribution in [3.63, 3.8) is 0 Å². The molecular weight excluding hydrogens is 285 g/mol. The minimum absolute atomic E-state index is 0.0187. The van der Waals surface area contributed by atoms with E-state index in [0.717, 1.165) is 5.52 Å². The lowest BCUT2D eigenvalue weighted by Crippen LogP contribution is -2.23. The summed E-state index contributed by atoms with van der Waals surface area (Å²) in [6.07, 6.45) is 1.26. The normalized spacial score (nSPS) is 11.1. The van der Waals surface area contributed by atoms with Gasteiger partial charge in [-0.05, 0) is 18.2 Å². The van der Waals surface area contributed by atoms with Crippen LogP contribution in [-0.4, -0.2) is 27.1 Å². The second-order valence-electron chi connectivity index (χ2n) is 4.55. The Morgan fingerprint density at radius 1 is 1.23 bits per heavy atom. The van der Waals surface area contributed by atoms with E-state index in [1.165, 1.54) is 17.0 Å². The van der Waals surface area contributed by atoms with Gasteiger partial charge in [-0.25, -0.2) is 14.5 Å². The van der Waals surface area contributed by atoms with Crippen LogP contribution in [0.2, 0.25) is 0 Å². The Morgan fingerprint density at radius 2 is 2.00 bits per heavy atom. The van der Waals surface area contributed by atoms with Gasteiger partial charge in [-0.15, -0.1) is 5.10 Å². The summed E-state index contributed by atoms with van der Waals surface area (Å²) in [5, 5.41) is 11.6. The van der Waals surface area contributed by atoms with Gasteiger partial charge in [-0.3, -0.25) is 4.79 Å². The van der Waals surface area contributed by atoms with E-state index in [9.17, 15) is 9.18 Å². The third-order valence-electron chi connectivity index (χ3n) is 3.01. The number of hydrogen-bond acceptors (Lipinski definition) is 4. The second-order valence-corrected chi connectivity index (χ2v) is 4.55. The molecule has 1 N–H and O–H groups in total. The van der Waals surface area contributed by atoms with Crippen LogP contribution in [0, 0.1) is 5.82 Å². The van der Waals surface area contributed by atoms with Crippen molar-refractivity contribution >= 4 is 23.2 Å². The first kappa shape index (κ1) is 13.9. The lowest BCUT2D eigenvalue weighted by molar-refractivity contribution is -0.121. The highest BCUT2D eigenvalue weighted by Gasteiger charge is 2.07. The van der Waals surface area contributed by atoms with Gasteiger partial charge in [-0.2, -0.15) is 5.10 Å². The fraction of sp³-hybridized carbons (Fsp3) is 0.0667. The molecule has 1 aromatic heterocycles. The van der Waals surface area contributed by atoms with Crippen molar-refractivity contribution in [1.29, 1.82) is 0 Å². The molecule has 0 aliphatic heterocycles. The third kappa shape index (κ3) is 2.98. The molecule has 0 aliphatic rings. The summed E-state index contributed by atoms with van der Waals surface area (Å²) in [5.74, 6) is -0.772. The van der Waals surface area contributed by atoms with E-state index in [-0.39, 0.29) is 12.5 Å². The van der Waals surface area contributed by atoms with E-state index < -0.39 is 5.82 Å².